The van der Waals surface area contributed by atoms with Gasteiger partial charge in [0.25, 0.3) is 5.91 Å². The summed E-state index contributed by atoms with van der Waals surface area (Å²) in [6.07, 6.45) is 2.12. The Morgan fingerprint density at radius 1 is 1.32 bits per heavy atom. The van der Waals surface area contributed by atoms with E-state index >= 15 is 0 Å². The molecule has 2 amide bonds. The summed E-state index contributed by atoms with van der Waals surface area (Å²) in [5, 5.41) is 2.73. The smallest absolute Gasteiger partial charge is 0.260 e. The lowest BCUT2D eigenvalue weighted by Gasteiger charge is -2.18. The molecule has 6 nitrogen and oxygen atoms in total. The summed E-state index contributed by atoms with van der Waals surface area (Å²) in [6, 6.07) is 6.94. The van der Waals surface area contributed by atoms with E-state index in [-0.39, 0.29) is 18.4 Å². The normalized spacial score (nSPS) is 14.8. The molecule has 0 unspecified atom stereocenters. The number of benzene rings is 1. The third-order valence-electron chi connectivity index (χ3n) is 3.50. The monoisotopic (exact) mass is 305 g/mol. The topological polar surface area (TPSA) is 84.7 Å². The molecule has 1 aromatic rings. The average Bonchev–Trinajstić information content (AvgIpc) is 2.98. The van der Waals surface area contributed by atoms with Crippen molar-refractivity contribution < 1.29 is 14.3 Å². The molecule has 1 heterocycles. The molecule has 1 saturated heterocycles. The zero-order chi connectivity index (χ0) is 16.2. The van der Waals surface area contributed by atoms with Crippen LogP contribution in [0.15, 0.2) is 24.3 Å². The average molecular weight is 305 g/mol. The Bertz CT molecular complexity index is 546. The first-order valence-corrected chi connectivity index (χ1v) is 7.47. The Balaban J connectivity index is 1.91. The predicted molar refractivity (Wildman–Crippen MR) is 84.6 cm³/mol. The molecular formula is C16H23N3O3. The van der Waals surface area contributed by atoms with Crippen molar-refractivity contribution in [2.45, 2.75) is 32.2 Å². The van der Waals surface area contributed by atoms with Gasteiger partial charge < -0.3 is 20.7 Å². The highest BCUT2D eigenvalue weighted by molar-refractivity contribution is 5.97. The second-order valence-electron chi connectivity index (χ2n) is 6.08. The fourth-order valence-corrected chi connectivity index (χ4v) is 2.16. The van der Waals surface area contributed by atoms with Crippen LogP contribution in [0.25, 0.3) is 0 Å². The Morgan fingerprint density at radius 3 is 2.64 bits per heavy atom. The van der Waals surface area contributed by atoms with Gasteiger partial charge in [0.05, 0.1) is 5.54 Å². The molecule has 0 bridgehead atoms. The summed E-state index contributed by atoms with van der Waals surface area (Å²) in [7, 11) is 0. The number of carbonyl (C=O) groups is 2. The van der Waals surface area contributed by atoms with E-state index in [4.69, 9.17) is 10.5 Å². The number of ether oxygens (including phenoxy) is 1. The van der Waals surface area contributed by atoms with Crippen LogP contribution in [0.5, 0.6) is 5.75 Å². The van der Waals surface area contributed by atoms with Crippen molar-refractivity contribution in [2.24, 2.45) is 5.73 Å². The molecular weight excluding hydrogens is 282 g/mol. The van der Waals surface area contributed by atoms with Gasteiger partial charge in [-0.15, -0.1) is 0 Å². The lowest BCUT2D eigenvalue weighted by molar-refractivity contribution is -0.132. The maximum atomic E-state index is 11.9. The Hall–Kier alpha value is -2.08. The van der Waals surface area contributed by atoms with Crippen LogP contribution < -0.4 is 15.8 Å². The van der Waals surface area contributed by atoms with Crippen molar-refractivity contribution in [2.75, 3.05) is 25.0 Å². The lowest BCUT2D eigenvalue weighted by atomic mass is 10.1. The molecule has 3 N–H and O–H groups in total. The highest BCUT2D eigenvalue weighted by Gasteiger charge is 2.22. The van der Waals surface area contributed by atoms with E-state index in [1.54, 1.807) is 38.1 Å². The van der Waals surface area contributed by atoms with Crippen molar-refractivity contribution >= 4 is 17.5 Å². The summed E-state index contributed by atoms with van der Waals surface area (Å²) in [4.78, 5) is 25.6. The Kier molecular flexibility index (Phi) is 5.03. The number of nitrogens with one attached hydrogen (secondary N) is 1. The first-order chi connectivity index (χ1) is 10.4. The molecule has 0 saturated carbocycles. The second-order valence-corrected chi connectivity index (χ2v) is 6.08. The van der Waals surface area contributed by atoms with E-state index in [9.17, 15) is 9.59 Å². The number of nitrogens with zero attached hydrogens (tertiary/aromatic N) is 1. The van der Waals surface area contributed by atoms with Gasteiger partial charge in [-0.2, -0.15) is 0 Å². The van der Waals surface area contributed by atoms with Gasteiger partial charge in [0.1, 0.15) is 5.75 Å². The van der Waals surface area contributed by atoms with Crippen LogP contribution in [0.3, 0.4) is 0 Å². The van der Waals surface area contributed by atoms with Gasteiger partial charge in [0, 0.05) is 24.8 Å². The number of amides is 2. The molecule has 0 aliphatic carbocycles. The highest BCUT2D eigenvalue weighted by atomic mass is 16.5. The third kappa shape index (κ3) is 4.46. The SMILES string of the molecule is CC(C)(N)C(=O)Nc1cccc(OCC(=O)N2CCCC2)c1. The standard InChI is InChI=1S/C16H23N3O3/c1-16(2,17)15(21)18-12-6-5-7-13(10-12)22-11-14(20)19-8-3-4-9-19/h5-7,10H,3-4,8-9,11,17H2,1-2H3,(H,18,21). The Labute approximate surface area is 130 Å². The van der Waals surface area contributed by atoms with Crippen molar-refractivity contribution in [1.82, 2.24) is 4.90 Å². The van der Waals surface area contributed by atoms with E-state index < -0.39 is 5.54 Å². The molecule has 6 heteroatoms. The molecule has 120 valence electrons. The second kappa shape index (κ2) is 6.79. The summed E-state index contributed by atoms with van der Waals surface area (Å²) in [6.45, 7) is 4.91. The van der Waals surface area contributed by atoms with Crippen LogP contribution in [-0.2, 0) is 9.59 Å². The van der Waals surface area contributed by atoms with Gasteiger partial charge in [-0.3, -0.25) is 9.59 Å². The maximum Gasteiger partial charge on any atom is 0.260 e. The zero-order valence-corrected chi connectivity index (χ0v) is 13.1. The summed E-state index contributed by atoms with van der Waals surface area (Å²) in [5.41, 5.74) is 5.38. The number of hydrogen-bond acceptors (Lipinski definition) is 4. The molecule has 1 aromatic carbocycles. The van der Waals surface area contributed by atoms with Crippen LogP contribution in [0.1, 0.15) is 26.7 Å². The predicted octanol–water partition coefficient (Wildman–Crippen LogP) is 1.36. The number of likely N-dealkylation sites (tertiary alicyclic amines) is 1. The molecule has 1 fully saturated rings. The molecule has 2 rings (SSSR count). The van der Waals surface area contributed by atoms with E-state index in [1.165, 1.54) is 0 Å². The van der Waals surface area contributed by atoms with Crippen molar-refractivity contribution in [3.05, 3.63) is 24.3 Å². The number of hydrogen-bond donors (Lipinski definition) is 2. The highest BCUT2D eigenvalue weighted by Crippen LogP contribution is 2.18. The van der Waals surface area contributed by atoms with Gasteiger partial charge >= 0.3 is 0 Å². The minimum atomic E-state index is -0.956. The van der Waals surface area contributed by atoms with Gasteiger partial charge in [-0.25, -0.2) is 0 Å². The molecule has 1 aliphatic heterocycles. The van der Waals surface area contributed by atoms with Crippen LogP contribution >= 0.6 is 0 Å². The number of rotatable bonds is 5. The van der Waals surface area contributed by atoms with Crippen molar-refractivity contribution in [3.63, 3.8) is 0 Å². The van der Waals surface area contributed by atoms with Gasteiger partial charge in [-0.1, -0.05) is 6.07 Å². The fraction of sp³-hybridized carbons (Fsp3) is 0.500. The Morgan fingerprint density at radius 2 is 2.00 bits per heavy atom. The summed E-state index contributed by atoms with van der Waals surface area (Å²) < 4.78 is 5.51. The van der Waals surface area contributed by atoms with Crippen LogP contribution in [0, 0.1) is 0 Å². The van der Waals surface area contributed by atoms with Crippen LogP contribution in [0.4, 0.5) is 5.69 Å². The molecule has 0 spiro atoms. The number of anilines is 1. The first-order valence-electron chi connectivity index (χ1n) is 7.47. The van der Waals surface area contributed by atoms with Crippen molar-refractivity contribution in [1.29, 1.82) is 0 Å². The van der Waals surface area contributed by atoms with Crippen LogP contribution in [0.2, 0.25) is 0 Å². The quantitative estimate of drug-likeness (QED) is 0.860. The zero-order valence-electron chi connectivity index (χ0n) is 13.1. The van der Waals surface area contributed by atoms with Crippen LogP contribution in [-0.4, -0.2) is 41.9 Å². The molecule has 0 aromatic heterocycles. The van der Waals surface area contributed by atoms with E-state index in [0.29, 0.717) is 11.4 Å². The third-order valence-corrected chi connectivity index (χ3v) is 3.50. The molecule has 22 heavy (non-hydrogen) atoms. The lowest BCUT2D eigenvalue weighted by Crippen LogP contribution is -2.45. The maximum absolute atomic E-state index is 11.9. The molecule has 0 atom stereocenters. The summed E-state index contributed by atoms with van der Waals surface area (Å²) >= 11 is 0. The number of nitrogens with two attached hydrogens (primary N) is 1. The van der Waals surface area contributed by atoms with Crippen molar-refractivity contribution in [3.8, 4) is 5.75 Å². The van der Waals surface area contributed by atoms with E-state index in [0.717, 1.165) is 25.9 Å². The van der Waals surface area contributed by atoms with E-state index in [1.807, 2.05) is 4.90 Å². The minimum Gasteiger partial charge on any atom is -0.484 e. The van der Waals surface area contributed by atoms with Gasteiger partial charge in [-0.05, 0) is 38.8 Å². The minimum absolute atomic E-state index is 0.00460. The van der Waals surface area contributed by atoms with Gasteiger partial charge in [0.15, 0.2) is 6.61 Å². The van der Waals surface area contributed by atoms with E-state index in [2.05, 4.69) is 5.32 Å². The molecule has 1 aliphatic rings. The number of carbonyl (C=O) groups excluding carboxylic acids is 2. The summed E-state index contributed by atoms with van der Waals surface area (Å²) in [5.74, 6) is 0.257. The molecule has 0 radical (unpaired) electrons. The van der Waals surface area contributed by atoms with Gasteiger partial charge in [0.2, 0.25) is 5.91 Å². The largest absolute Gasteiger partial charge is 0.484 e. The first kappa shape index (κ1) is 16.3. The fourth-order valence-electron chi connectivity index (χ4n) is 2.16.